The number of anilines is 1. The van der Waals surface area contributed by atoms with Crippen LogP contribution >= 0.6 is 11.6 Å². The first-order valence-electron chi connectivity index (χ1n) is 5.52. The second-order valence-corrected chi connectivity index (χ2v) is 4.42. The number of benzene rings is 2. The monoisotopic (exact) mass is 325 g/mol. The van der Waals surface area contributed by atoms with Crippen molar-refractivity contribution in [2.75, 3.05) is 5.32 Å². The fourth-order valence-electron chi connectivity index (χ4n) is 1.63. The quantitative estimate of drug-likeness (QED) is 0.486. The van der Waals surface area contributed by atoms with E-state index >= 15 is 0 Å². The summed E-state index contributed by atoms with van der Waals surface area (Å²) in [7, 11) is 0. The van der Waals surface area contributed by atoms with Crippen LogP contribution in [0.1, 0.15) is 5.56 Å². The molecule has 0 saturated heterocycles. The van der Waals surface area contributed by atoms with Gasteiger partial charge in [-0.05, 0) is 6.07 Å². The topological polar surface area (TPSA) is 12.0 Å². The van der Waals surface area contributed by atoms with Gasteiger partial charge in [0.05, 0.1) is 5.02 Å². The molecular formula is C13H6ClF6N. The van der Waals surface area contributed by atoms with Gasteiger partial charge in [0.2, 0.25) is 5.82 Å². The molecule has 0 aliphatic carbocycles. The molecular weight excluding hydrogens is 320 g/mol. The molecule has 21 heavy (non-hydrogen) atoms. The van der Waals surface area contributed by atoms with E-state index in [-0.39, 0.29) is 10.6 Å². The van der Waals surface area contributed by atoms with Crippen molar-refractivity contribution in [3.63, 3.8) is 0 Å². The number of halogens is 7. The predicted molar refractivity (Wildman–Crippen MR) is 65.0 cm³/mol. The van der Waals surface area contributed by atoms with Crippen molar-refractivity contribution in [2.24, 2.45) is 0 Å². The van der Waals surface area contributed by atoms with Gasteiger partial charge >= 0.3 is 0 Å². The summed E-state index contributed by atoms with van der Waals surface area (Å²) in [6.07, 6.45) is 0. The molecule has 0 bridgehead atoms. The average molecular weight is 326 g/mol. The summed E-state index contributed by atoms with van der Waals surface area (Å²) >= 11 is 5.51. The van der Waals surface area contributed by atoms with E-state index in [1.165, 1.54) is 18.2 Å². The van der Waals surface area contributed by atoms with E-state index in [2.05, 4.69) is 0 Å². The van der Waals surface area contributed by atoms with Gasteiger partial charge in [-0.25, -0.2) is 26.3 Å². The fraction of sp³-hybridized carbons (Fsp3) is 0.0769. The smallest absolute Gasteiger partial charge is 0.200 e. The van der Waals surface area contributed by atoms with Crippen molar-refractivity contribution in [3.8, 4) is 0 Å². The molecule has 0 saturated carbocycles. The average Bonchev–Trinajstić information content (AvgIpc) is 2.47. The van der Waals surface area contributed by atoms with Gasteiger partial charge in [0, 0.05) is 12.1 Å². The second-order valence-electron chi connectivity index (χ2n) is 4.01. The first kappa shape index (κ1) is 15.5. The molecule has 8 heteroatoms. The number of rotatable bonds is 3. The molecule has 0 amide bonds. The van der Waals surface area contributed by atoms with Crippen LogP contribution in [0, 0.1) is 34.9 Å². The van der Waals surface area contributed by atoms with E-state index in [1.54, 1.807) is 0 Å². The highest BCUT2D eigenvalue weighted by Gasteiger charge is 2.25. The first-order valence-corrected chi connectivity index (χ1v) is 5.90. The van der Waals surface area contributed by atoms with Crippen LogP contribution in [0.3, 0.4) is 0 Å². The first-order chi connectivity index (χ1) is 9.84. The fourth-order valence-corrected chi connectivity index (χ4v) is 1.82. The molecule has 0 fully saturated rings. The van der Waals surface area contributed by atoms with Crippen LogP contribution in [0.15, 0.2) is 18.2 Å². The van der Waals surface area contributed by atoms with Crippen molar-refractivity contribution in [1.82, 2.24) is 0 Å². The lowest BCUT2D eigenvalue weighted by Gasteiger charge is -2.11. The summed E-state index contributed by atoms with van der Waals surface area (Å²) in [5.41, 5.74) is -1.32. The zero-order chi connectivity index (χ0) is 15.7. The highest BCUT2D eigenvalue weighted by Crippen LogP contribution is 2.28. The van der Waals surface area contributed by atoms with Crippen LogP contribution < -0.4 is 5.32 Å². The summed E-state index contributed by atoms with van der Waals surface area (Å²) in [6, 6.07) is 3.88. The zero-order valence-electron chi connectivity index (χ0n) is 10.1. The maximum atomic E-state index is 13.6. The third kappa shape index (κ3) is 2.78. The minimum atomic E-state index is -2.26. The summed E-state index contributed by atoms with van der Waals surface area (Å²) < 4.78 is 79.1. The second kappa shape index (κ2) is 5.85. The molecule has 0 atom stereocenters. The van der Waals surface area contributed by atoms with Crippen LogP contribution in [0.2, 0.25) is 5.02 Å². The molecule has 0 heterocycles. The van der Waals surface area contributed by atoms with E-state index in [4.69, 9.17) is 11.6 Å². The Balaban J connectivity index is 2.35. The molecule has 0 spiro atoms. The Morgan fingerprint density at radius 3 is 1.86 bits per heavy atom. The minimum absolute atomic E-state index is 0.0913. The number of hydrogen-bond acceptors (Lipinski definition) is 1. The molecule has 2 aromatic carbocycles. The summed E-state index contributed by atoms with van der Waals surface area (Å²) in [6.45, 7) is -0.509. The summed E-state index contributed by atoms with van der Waals surface area (Å²) in [4.78, 5) is 0. The van der Waals surface area contributed by atoms with Crippen molar-refractivity contribution in [2.45, 2.75) is 6.54 Å². The third-order valence-corrected chi connectivity index (χ3v) is 2.99. The van der Waals surface area contributed by atoms with Gasteiger partial charge in [-0.1, -0.05) is 23.7 Å². The summed E-state index contributed by atoms with van der Waals surface area (Å²) in [5, 5.41) is 1.75. The Morgan fingerprint density at radius 2 is 1.29 bits per heavy atom. The Kier molecular flexibility index (Phi) is 4.32. The Hall–Kier alpha value is -1.89. The molecule has 112 valence electrons. The Morgan fingerprint density at radius 1 is 0.762 bits per heavy atom. The van der Waals surface area contributed by atoms with Crippen LogP contribution in [0.5, 0.6) is 0 Å². The van der Waals surface area contributed by atoms with Crippen molar-refractivity contribution < 1.29 is 26.3 Å². The number of hydrogen-bond donors (Lipinski definition) is 1. The zero-order valence-corrected chi connectivity index (χ0v) is 10.8. The summed E-state index contributed by atoms with van der Waals surface area (Å²) in [5.74, 6) is -11.3. The maximum absolute atomic E-state index is 13.6. The minimum Gasteiger partial charge on any atom is -0.376 e. The van der Waals surface area contributed by atoms with Crippen molar-refractivity contribution in [3.05, 3.63) is 63.7 Å². The maximum Gasteiger partial charge on any atom is 0.200 e. The Bertz CT molecular complexity index is 675. The molecule has 0 aliphatic heterocycles. The molecule has 1 N–H and O–H groups in total. The molecule has 0 radical (unpaired) electrons. The van der Waals surface area contributed by atoms with E-state index < -0.39 is 47.1 Å². The van der Waals surface area contributed by atoms with Gasteiger partial charge in [-0.2, -0.15) is 0 Å². The van der Waals surface area contributed by atoms with Gasteiger partial charge in [0.25, 0.3) is 0 Å². The SMILES string of the molecule is Fc1c(Cl)cccc1CNc1c(F)c(F)c(F)c(F)c1F. The lowest BCUT2D eigenvalue weighted by molar-refractivity contribution is 0.381. The van der Waals surface area contributed by atoms with E-state index in [9.17, 15) is 26.3 Å². The normalized spacial score (nSPS) is 10.8. The molecule has 1 nitrogen and oxygen atoms in total. The molecule has 0 aromatic heterocycles. The highest BCUT2D eigenvalue weighted by molar-refractivity contribution is 6.30. The van der Waals surface area contributed by atoms with Crippen LogP contribution in [0.4, 0.5) is 32.0 Å². The number of nitrogens with one attached hydrogen (secondary N) is 1. The van der Waals surface area contributed by atoms with Crippen LogP contribution in [0.25, 0.3) is 0 Å². The third-order valence-electron chi connectivity index (χ3n) is 2.70. The van der Waals surface area contributed by atoms with Gasteiger partial charge in [-0.15, -0.1) is 0 Å². The van der Waals surface area contributed by atoms with Gasteiger partial charge in [0.15, 0.2) is 23.3 Å². The van der Waals surface area contributed by atoms with E-state index in [0.717, 1.165) is 0 Å². The largest absolute Gasteiger partial charge is 0.376 e. The standard InChI is InChI=1S/C13H6ClF6N/c14-6-3-1-2-5(7(6)15)4-21-13-11(19)9(17)8(16)10(18)12(13)20/h1-3,21H,4H2. The van der Waals surface area contributed by atoms with Crippen LogP contribution in [-0.2, 0) is 6.54 Å². The van der Waals surface area contributed by atoms with E-state index in [1.807, 2.05) is 5.32 Å². The highest BCUT2D eigenvalue weighted by atomic mass is 35.5. The molecule has 0 aliphatic rings. The van der Waals surface area contributed by atoms with Gasteiger partial charge < -0.3 is 5.32 Å². The lowest BCUT2D eigenvalue weighted by atomic mass is 10.2. The Labute approximate surface area is 120 Å². The van der Waals surface area contributed by atoms with E-state index in [0.29, 0.717) is 0 Å². The predicted octanol–water partition coefficient (Wildman–Crippen LogP) is 4.79. The van der Waals surface area contributed by atoms with Crippen LogP contribution in [-0.4, -0.2) is 0 Å². The van der Waals surface area contributed by atoms with Gasteiger partial charge in [0.1, 0.15) is 11.5 Å². The van der Waals surface area contributed by atoms with Gasteiger partial charge in [-0.3, -0.25) is 0 Å². The van der Waals surface area contributed by atoms with Crippen molar-refractivity contribution >= 4 is 17.3 Å². The molecule has 0 unspecified atom stereocenters. The van der Waals surface area contributed by atoms with Crippen molar-refractivity contribution in [1.29, 1.82) is 0 Å². The molecule has 2 rings (SSSR count). The lowest BCUT2D eigenvalue weighted by Crippen LogP contribution is -2.10. The molecule has 2 aromatic rings.